The molecule has 0 fully saturated rings. The summed E-state index contributed by atoms with van der Waals surface area (Å²) in [6.45, 7) is 0.583. The van der Waals surface area contributed by atoms with E-state index < -0.39 is 0 Å². The molecule has 0 bridgehead atoms. The molecule has 0 aliphatic carbocycles. The van der Waals surface area contributed by atoms with Crippen LogP contribution in [0.5, 0.6) is 0 Å². The lowest BCUT2D eigenvalue weighted by Crippen LogP contribution is -2.22. The summed E-state index contributed by atoms with van der Waals surface area (Å²) in [5, 5.41) is 2.68. The fourth-order valence-corrected chi connectivity index (χ4v) is 0.996. The Morgan fingerprint density at radius 2 is 2.50 bits per heavy atom. The second-order valence-electron chi connectivity index (χ2n) is 2.63. The number of carbonyl (C=O) groups is 1. The van der Waals surface area contributed by atoms with E-state index >= 15 is 0 Å². The minimum Gasteiger partial charge on any atom is -0.352 e. The number of nitrogens with zero attached hydrogens (tertiary/aromatic N) is 1. The molecule has 1 N–H and O–H groups in total. The second-order valence-corrected chi connectivity index (χ2v) is 3.08. The lowest BCUT2D eigenvalue weighted by atomic mass is 10.2. The smallest absolute Gasteiger partial charge is 0.244 e. The summed E-state index contributed by atoms with van der Waals surface area (Å²) in [6, 6.07) is 3.71. The van der Waals surface area contributed by atoms with Gasteiger partial charge in [0.05, 0.1) is 0 Å². The molecule has 1 rings (SSSR count). The Kier molecular flexibility index (Phi) is 4.78. The summed E-state index contributed by atoms with van der Waals surface area (Å²) in [5.41, 5.74) is 0.911. The Balaban J connectivity index is 2.44. The lowest BCUT2D eigenvalue weighted by molar-refractivity contribution is -0.116. The fraction of sp³-hybridized carbons (Fsp3) is 0.200. The van der Waals surface area contributed by atoms with Crippen LogP contribution in [0, 0.1) is 0 Å². The number of nitrogens with one attached hydrogen (secondary N) is 1. The molecule has 1 aromatic rings. The van der Waals surface area contributed by atoms with Gasteiger partial charge in [0.15, 0.2) is 0 Å². The van der Waals surface area contributed by atoms with E-state index in [1.165, 1.54) is 6.08 Å². The molecule has 14 heavy (non-hydrogen) atoms. The molecule has 4 heteroatoms. The maximum atomic E-state index is 11.1. The minimum atomic E-state index is -0.108. The molecule has 0 unspecified atom stereocenters. The minimum absolute atomic E-state index is 0.108. The molecule has 0 saturated heterocycles. The predicted octanol–water partition coefficient (Wildman–Crippen LogP) is 1.14. The van der Waals surface area contributed by atoms with E-state index in [9.17, 15) is 4.79 Å². The normalized spacial score (nSPS) is 10.4. The molecular weight excluding hydrogens is 196 g/mol. The van der Waals surface area contributed by atoms with Crippen molar-refractivity contribution < 1.29 is 4.79 Å². The van der Waals surface area contributed by atoms with Crippen molar-refractivity contribution in [1.82, 2.24) is 10.3 Å². The maximum absolute atomic E-state index is 11.1. The van der Waals surface area contributed by atoms with Gasteiger partial charge >= 0.3 is 0 Å². The van der Waals surface area contributed by atoms with Gasteiger partial charge in [-0.25, -0.2) is 0 Å². The number of rotatable bonds is 4. The number of thiol groups is 1. The Morgan fingerprint density at radius 1 is 1.64 bits per heavy atom. The summed E-state index contributed by atoms with van der Waals surface area (Å²) < 4.78 is 0. The second kappa shape index (κ2) is 6.21. The quantitative estimate of drug-likeness (QED) is 0.575. The number of aromatic nitrogens is 1. The molecule has 0 spiro atoms. The van der Waals surface area contributed by atoms with E-state index in [2.05, 4.69) is 22.9 Å². The van der Waals surface area contributed by atoms with Crippen molar-refractivity contribution in [2.45, 2.75) is 0 Å². The Morgan fingerprint density at radius 3 is 3.14 bits per heavy atom. The van der Waals surface area contributed by atoms with Crippen LogP contribution in [-0.4, -0.2) is 23.2 Å². The number of carbonyl (C=O) groups excluding carboxylic acids is 1. The molecule has 0 aliphatic rings. The molecule has 1 amide bonds. The largest absolute Gasteiger partial charge is 0.352 e. The summed E-state index contributed by atoms with van der Waals surface area (Å²) in [4.78, 5) is 15.1. The molecule has 0 aromatic carbocycles. The van der Waals surface area contributed by atoms with Crippen LogP contribution in [-0.2, 0) is 4.79 Å². The van der Waals surface area contributed by atoms with Crippen LogP contribution in [0.1, 0.15) is 5.56 Å². The first kappa shape index (κ1) is 10.8. The zero-order valence-corrected chi connectivity index (χ0v) is 8.58. The van der Waals surface area contributed by atoms with Crippen LogP contribution in [0.4, 0.5) is 0 Å². The van der Waals surface area contributed by atoms with Crippen LogP contribution in [0.2, 0.25) is 0 Å². The monoisotopic (exact) mass is 208 g/mol. The lowest BCUT2D eigenvalue weighted by Gasteiger charge is -1.96. The molecule has 0 atom stereocenters. The zero-order valence-electron chi connectivity index (χ0n) is 7.68. The summed E-state index contributed by atoms with van der Waals surface area (Å²) in [6.07, 6.45) is 6.60. The summed E-state index contributed by atoms with van der Waals surface area (Å²) in [7, 11) is 0. The van der Waals surface area contributed by atoms with Gasteiger partial charge in [0.25, 0.3) is 0 Å². The van der Waals surface area contributed by atoms with E-state index in [4.69, 9.17) is 0 Å². The Hall–Kier alpha value is -1.29. The standard InChI is InChI=1S/C10H12N2OS/c13-10(12-6-7-14)4-3-9-2-1-5-11-8-9/h1-5,8,14H,6-7H2,(H,12,13). The van der Waals surface area contributed by atoms with E-state index in [0.717, 1.165) is 5.56 Å². The first-order valence-corrected chi connectivity index (χ1v) is 4.93. The van der Waals surface area contributed by atoms with Gasteiger partial charge in [-0.15, -0.1) is 0 Å². The highest BCUT2D eigenvalue weighted by molar-refractivity contribution is 7.80. The van der Waals surface area contributed by atoms with Crippen LogP contribution in [0.15, 0.2) is 30.6 Å². The van der Waals surface area contributed by atoms with Crippen LogP contribution in [0.3, 0.4) is 0 Å². The molecule has 1 heterocycles. The summed E-state index contributed by atoms with van der Waals surface area (Å²) >= 11 is 3.98. The molecule has 74 valence electrons. The van der Waals surface area contributed by atoms with Crippen molar-refractivity contribution in [3.05, 3.63) is 36.2 Å². The first-order chi connectivity index (χ1) is 6.83. The number of amides is 1. The van der Waals surface area contributed by atoms with Crippen LogP contribution >= 0.6 is 12.6 Å². The Bertz CT molecular complexity index is 311. The van der Waals surface area contributed by atoms with Crippen molar-refractivity contribution in [2.75, 3.05) is 12.3 Å². The van der Waals surface area contributed by atoms with Gasteiger partial charge in [-0.2, -0.15) is 12.6 Å². The van der Waals surface area contributed by atoms with Gasteiger partial charge in [0.2, 0.25) is 5.91 Å². The number of hydrogen-bond donors (Lipinski definition) is 2. The van der Waals surface area contributed by atoms with Gasteiger partial charge in [-0.3, -0.25) is 9.78 Å². The SMILES string of the molecule is O=C(C=Cc1cccnc1)NCCS. The third kappa shape index (κ3) is 4.09. The predicted molar refractivity (Wildman–Crippen MR) is 60.1 cm³/mol. The molecule has 0 radical (unpaired) electrons. The third-order valence-corrected chi connectivity index (χ3v) is 1.75. The van der Waals surface area contributed by atoms with Gasteiger partial charge in [0.1, 0.15) is 0 Å². The highest BCUT2D eigenvalue weighted by Gasteiger charge is 1.92. The van der Waals surface area contributed by atoms with Crippen molar-refractivity contribution in [1.29, 1.82) is 0 Å². The van der Waals surface area contributed by atoms with Crippen LogP contribution < -0.4 is 5.32 Å². The van der Waals surface area contributed by atoms with Crippen molar-refractivity contribution in [3.8, 4) is 0 Å². The molecular formula is C10H12N2OS. The number of pyridine rings is 1. The van der Waals surface area contributed by atoms with Gasteiger partial charge < -0.3 is 5.32 Å². The van der Waals surface area contributed by atoms with Gasteiger partial charge in [-0.05, 0) is 17.7 Å². The highest BCUT2D eigenvalue weighted by Crippen LogP contribution is 1.97. The first-order valence-electron chi connectivity index (χ1n) is 4.30. The van der Waals surface area contributed by atoms with E-state index in [0.29, 0.717) is 12.3 Å². The van der Waals surface area contributed by atoms with E-state index in [1.807, 2.05) is 12.1 Å². The van der Waals surface area contributed by atoms with Gasteiger partial charge in [-0.1, -0.05) is 6.07 Å². The zero-order chi connectivity index (χ0) is 10.2. The fourth-order valence-electron chi connectivity index (χ4n) is 0.884. The Labute approximate surface area is 88.7 Å². The average Bonchev–Trinajstić information content (AvgIpc) is 2.25. The molecule has 0 aliphatic heterocycles. The molecule has 1 aromatic heterocycles. The maximum Gasteiger partial charge on any atom is 0.244 e. The number of hydrogen-bond acceptors (Lipinski definition) is 3. The van der Waals surface area contributed by atoms with E-state index in [-0.39, 0.29) is 5.91 Å². The van der Waals surface area contributed by atoms with Crippen LogP contribution in [0.25, 0.3) is 6.08 Å². The van der Waals surface area contributed by atoms with Crippen molar-refractivity contribution >= 4 is 24.6 Å². The molecule has 3 nitrogen and oxygen atoms in total. The third-order valence-electron chi connectivity index (χ3n) is 1.52. The topological polar surface area (TPSA) is 42.0 Å². The average molecular weight is 208 g/mol. The highest BCUT2D eigenvalue weighted by atomic mass is 32.1. The molecule has 0 saturated carbocycles. The van der Waals surface area contributed by atoms with Crippen molar-refractivity contribution in [3.63, 3.8) is 0 Å². The summed E-state index contributed by atoms with van der Waals surface area (Å²) in [5.74, 6) is 0.537. The van der Waals surface area contributed by atoms with E-state index in [1.54, 1.807) is 18.5 Å². The van der Waals surface area contributed by atoms with Gasteiger partial charge in [0, 0.05) is 30.8 Å². The van der Waals surface area contributed by atoms with Crippen molar-refractivity contribution in [2.24, 2.45) is 0 Å².